The molecule has 16 nitrogen and oxygen atoms in total. The number of alkyl carbamates (subject to hydrolysis) is 1. The number of carboxylic acid groups (broad SMARTS) is 1. The molecule has 6 rings (SSSR count). The summed E-state index contributed by atoms with van der Waals surface area (Å²) in [5.74, 6) is 6.66. The molecule has 0 spiro atoms. The normalized spacial score (nSPS) is 18.6. The molecule has 0 saturated carbocycles. The number of nitrogens with zero attached hydrogens (tertiary/aromatic N) is 6. The van der Waals surface area contributed by atoms with Crippen LogP contribution in [0.3, 0.4) is 0 Å². The van der Waals surface area contributed by atoms with Crippen LogP contribution in [-0.2, 0) is 14.3 Å². The lowest BCUT2D eigenvalue weighted by molar-refractivity contribution is -0.136. The first-order valence-electron chi connectivity index (χ1n) is 16.8. The number of fused-ring (bicyclic) bond motifs is 1. The Bertz CT molecular complexity index is 1950. The van der Waals surface area contributed by atoms with Gasteiger partial charge < -0.3 is 40.2 Å². The molecular formula is C33H40N10O6S2. The smallest absolute Gasteiger partial charge is 0.407 e. The van der Waals surface area contributed by atoms with Crippen molar-refractivity contribution in [1.82, 2.24) is 50.3 Å². The minimum atomic E-state index is -1.23. The summed E-state index contributed by atoms with van der Waals surface area (Å²) in [5.41, 5.74) is 1.30. The van der Waals surface area contributed by atoms with E-state index in [0.717, 1.165) is 39.6 Å². The molecule has 0 bridgehead atoms. The van der Waals surface area contributed by atoms with Crippen molar-refractivity contribution >= 4 is 56.3 Å². The largest absolute Gasteiger partial charge is 0.465 e. The summed E-state index contributed by atoms with van der Waals surface area (Å²) in [6.45, 7) is 8.47. The lowest BCUT2D eigenvalue weighted by Crippen LogP contribution is -2.51. The van der Waals surface area contributed by atoms with Gasteiger partial charge in [-0.2, -0.15) is 0 Å². The summed E-state index contributed by atoms with van der Waals surface area (Å²) in [6.07, 6.45) is 4.53. The lowest BCUT2D eigenvalue weighted by atomic mass is 10.0. The number of amides is 4. The molecular weight excluding hydrogens is 697 g/mol. The molecule has 0 aromatic carbocycles. The molecule has 6 heterocycles. The van der Waals surface area contributed by atoms with E-state index < -0.39 is 24.3 Å². The Morgan fingerprint density at radius 2 is 1.45 bits per heavy atom. The molecule has 4 aromatic heterocycles. The molecule has 2 fully saturated rings. The van der Waals surface area contributed by atoms with E-state index in [0.29, 0.717) is 41.9 Å². The zero-order valence-corrected chi connectivity index (χ0v) is 30.5. The number of likely N-dealkylation sites (tertiary alicyclic amines) is 2. The Balaban J connectivity index is 1.12. The van der Waals surface area contributed by atoms with E-state index in [4.69, 9.17) is 9.72 Å². The molecule has 5 N–H and O–H groups in total. The molecule has 270 valence electrons. The summed E-state index contributed by atoms with van der Waals surface area (Å²) in [4.78, 5) is 80.0. The molecule has 2 aliphatic rings. The van der Waals surface area contributed by atoms with Crippen LogP contribution in [-0.4, -0.2) is 101 Å². The van der Waals surface area contributed by atoms with E-state index in [1.165, 1.54) is 29.8 Å². The van der Waals surface area contributed by atoms with E-state index >= 15 is 0 Å². The van der Waals surface area contributed by atoms with Gasteiger partial charge in [0.05, 0.1) is 37.3 Å². The molecule has 18 heteroatoms. The number of carbonyl (C=O) groups excluding carboxylic acids is 3. The number of imidazole rings is 2. The fourth-order valence-electron chi connectivity index (χ4n) is 6.45. The van der Waals surface area contributed by atoms with E-state index in [9.17, 15) is 24.3 Å². The van der Waals surface area contributed by atoms with Gasteiger partial charge in [0.25, 0.3) is 0 Å². The molecule has 4 amide bonds. The maximum absolute atomic E-state index is 13.5. The van der Waals surface area contributed by atoms with Crippen molar-refractivity contribution in [3.63, 3.8) is 0 Å². The first-order valence-corrected chi connectivity index (χ1v) is 18.4. The zero-order valence-electron chi connectivity index (χ0n) is 28.8. The van der Waals surface area contributed by atoms with Gasteiger partial charge in [0, 0.05) is 13.1 Å². The molecule has 0 aliphatic carbocycles. The molecule has 1 unspecified atom stereocenters. The number of aromatic nitrogens is 6. The number of aromatic amines is 2. The Kier molecular flexibility index (Phi) is 10.6. The average molecular weight is 737 g/mol. The quantitative estimate of drug-likeness (QED) is 0.154. The topological polar surface area (TPSA) is 211 Å². The van der Waals surface area contributed by atoms with Gasteiger partial charge in [-0.3, -0.25) is 9.59 Å². The van der Waals surface area contributed by atoms with Crippen molar-refractivity contribution in [3.05, 3.63) is 34.7 Å². The van der Waals surface area contributed by atoms with Gasteiger partial charge in [-0.25, -0.2) is 29.5 Å². The minimum absolute atomic E-state index is 0.124. The fraction of sp³-hybridized carbons (Fsp3) is 0.515. The second-order valence-electron chi connectivity index (χ2n) is 13.2. The molecule has 4 aromatic rings. The van der Waals surface area contributed by atoms with Crippen LogP contribution >= 0.6 is 22.7 Å². The van der Waals surface area contributed by atoms with Crippen molar-refractivity contribution in [2.24, 2.45) is 11.8 Å². The Morgan fingerprint density at radius 1 is 0.863 bits per heavy atom. The number of ether oxygens (including phenoxy) is 1. The molecule has 2 aliphatic heterocycles. The van der Waals surface area contributed by atoms with E-state index in [2.05, 4.69) is 47.4 Å². The highest BCUT2D eigenvalue weighted by Gasteiger charge is 2.39. The van der Waals surface area contributed by atoms with Crippen molar-refractivity contribution in [2.45, 2.75) is 77.5 Å². The number of methoxy groups -OCH3 is 1. The third kappa shape index (κ3) is 7.69. The molecule has 0 radical (unpaired) electrons. The zero-order chi connectivity index (χ0) is 36.4. The summed E-state index contributed by atoms with van der Waals surface area (Å²) < 4.78 is 4.73. The van der Waals surface area contributed by atoms with Crippen LogP contribution < -0.4 is 10.6 Å². The number of H-pyrrole nitrogens is 2. The van der Waals surface area contributed by atoms with Gasteiger partial charge in [0.2, 0.25) is 11.8 Å². The monoisotopic (exact) mass is 736 g/mol. The second-order valence-corrected chi connectivity index (χ2v) is 15.1. The predicted molar refractivity (Wildman–Crippen MR) is 189 cm³/mol. The lowest BCUT2D eigenvalue weighted by Gasteiger charge is -2.29. The van der Waals surface area contributed by atoms with Crippen molar-refractivity contribution in [2.75, 3.05) is 20.2 Å². The van der Waals surface area contributed by atoms with Crippen molar-refractivity contribution < 1.29 is 29.0 Å². The maximum Gasteiger partial charge on any atom is 0.407 e. The molecule has 4 atom stereocenters. The highest BCUT2D eigenvalue weighted by molar-refractivity contribution is 7.28. The second kappa shape index (κ2) is 15.1. The van der Waals surface area contributed by atoms with Crippen LogP contribution in [0.1, 0.15) is 87.8 Å². The third-order valence-corrected chi connectivity index (χ3v) is 11.0. The van der Waals surface area contributed by atoms with Gasteiger partial charge in [-0.1, -0.05) is 50.4 Å². The van der Waals surface area contributed by atoms with Crippen molar-refractivity contribution in [1.29, 1.82) is 0 Å². The Labute approximate surface area is 301 Å². The summed E-state index contributed by atoms with van der Waals surface area (Å²) >= 11 is 2.78. The number of carbonyl (C=O) groups is 4. The predicted octanol–water partition coefficient (Wildman–Crippen LogP) is 4.27. The summed E-state index contributed by atoms with van der Waals surface area (Å²) in [7, 11) is 1.27. The number of nitrogens with one attached hydrogen (secondary N) is 4. The molecule has 51 heavy (non-hydrogen) atoms. The van der Waals surface area contributed by atoms with E-state index in [1.807, 2.05) is 27.7 Å². The van der Waals surface area contributed by atoms with Crippen molar-refractivity contribution in [3.8, 4) is 22.5 Å². The maximum atomic E-state index is 13.5. The number of hydrogen-bond donors (Lipinski definition) is 5. The van der Waals surface area contributed by atoms with Gasteiger partial charge in [0.15, 0.2) is 14.7 Å². The number of rotatable bonds is 9. The SMILES string of the molecule is COC(=O)N[C@H](C(=O)N1CCCC1c1ncc(-c2nc3sc(C#Cc4cnc([C@@H]5CCCN5C(=O)[C@@H](NC(=O)O)C(C)C)[nH]4)nc3s2)[nH]1)C(C)C. The first kappa shape index (κ1) is 35.8. The summed E-state index contributed by atoms with van der Waals surface area (Å²) in [6, 6.07) is -2.09. The Hall–Kier alpha value is -5.02. The van der Waals surface area contributed by atoms with E-state index in [1.54, 1.807) is 22.2 Å². The summed E-state index contributed by atoms with van der Waals surface area (Å²) in [5, 5.41) is 15.6. The van der Waals surface area contributed by atoms with Gasteiger partial charge in [-0.05, 0) is 49.4 Å². The van der Waals surface area contributed by atoms with Crippen LogP contribution in [0, 0.1) is 23.7 Å². The van der Waals surface area contributed by atoms with Crippen LogP contribution in [0.4, 0.5) is 9.59 Å². The van der Waals surface area contributed by atoms with Crippen LogP contribution in [0.5, 0.6) is 0 Å². The van der Waals surface area contributed by atoms with Gasteiger partial charge in [-0.15, -0.1) is 0 Å². The highest BCUT2D eigenvalue weighted by Crippen LogP contribution is 2.36. The average Bonchev–Trinajstić information content (AvgIpc) is 3.93. The van der Waals surface area contributed by atoms with Gasteiger partial charge in [0.1, 0.15) is 34.4 Å². The fourth-order valence-corrected chi connectivity index (χ4v) is 8.31. The van der Waals surface area contributed by atoms with E-state index in [-0.39, 0.29) is 35.7 Å². The Morgan fingerprint density at radius 3 is 2.04 bits per heavy atom. The van der Waals surface area contributed by atoms with Crippen LogP contribution in [0.2, 0.25) is 0 Å². The molecule has 2 saturated heterocycles. The minimum Gasteiger partial charge on any atom is -0.465 e. The van der Waals surface area contributed by atoms with Crippen LogP contribution in [0.25, 0.3) is 20.4 Å². The third-order valence-electron chi connectivity index (χ3n) is 9.01. The van der Waals surface area contributed by atoms with Gasteiger partial charge >= 0.3 is 12.2 Å². The first-order chi connectivity index (χ1) is 24.4. The standard InChI is InChI=1S/C33H40N10O6S2/c1-16(2)23(39-32(46)47)30(44)42-12-6-8-20(42)25-34-14-18(36-25)10-11-22-38-28-29(50-22)41-27(51-28)19-15-35-26(37-19)21-9-7-13-43(21)31(45)24(17(3)4)40-33(48)49-5/h14-17,20-21,23-24,39H,6-9,12-13H2,1-5H3,(H,34,36)(H,35,37)(H,40,48)(H,46,47)/t20-,21?,23-,24-/m0/s1. The highest BCUT2D eigenvalue weighted by atomic mass is 32.1. The van der Waals surface area contributed by atoms with Crippen LogP contribution in [0.15, 0.2) is 12.4 Å². The number of hydrogen-bond acceptors (Lipinski definition) is 11. The number of thiazole rings is 2.